The Bertz CT molecular complexity index is 486. The molecule has 0 saturated heterocycles. The van der Waals surface area contributed by atoms with Gasteiger partial charge in [-0.3, -0.25) is 0 Å². The molecule has 0 bridgehead atoms. The Balaban J connectivity index is 0.000000304. The van der Waals surface area contributed by atoms with Crippen LogP contribution >= 0.6 is 0 Å². The molecule has 1 aliphatic carbocycles. The van der Waals surface area contributed by atoms with E-state index in [0.29, 0.717) is 0 Å². The summed E-state index contributed by atoms with van der Waals surface area (Å²) in [4.78, 5) is 2.10. The Morgan fingerprint density at radius 3 is 2.19 bits per heavy atom. The number of nitrogens with zero attached hydrogens (tertiary/aromatic N) is 1. The smallest absolute Gasteiger partial charge is 0.0433 e. The van der Waals surface area contributed by atoms with E-state index >= 15 is 0 Å². The molecular formula is C20H27N. The molecule has 0 fully saturated rings. The number of rotatable bonds is 4. The molecule has 112 valence electrons. The second-order valence-electron chi connectivity index (χ2n) is 5.12. The topological polar surface area (TPSA) is 3.24 Å². The maximum atomic E-state index is 3.62. The van der Waals surface area contributed by atoms with E-state index < -0.39 is 0 Å². The quantitative estimate of drug-likeness (QED) is 0.497. The van der Waals surface area contributed by atoms with Crippen molar-refractivity contribution in [3.8, 4) is 0 Å². The Labute approximate surface area is 130 Å². The second kappa shape index (κ2) is 10.7. The van der Waals surface area contributed by atoms with E-state index in [-0.39, 0.29) is 0 Å². The summed E-state index contributed by atoms with van der Waals surface area (Å²) in [6.45, 7) is 5.73. The van der Waals surface area contributed by atoms with Gasteiger partial charge in [0.1, 0.15) is 0 Å². The number of hydrogen-bond acceptors (Lipinski definition) is 1. The molecule has 0 radical (unpaired) electrons. The molecule has 1 heteroatoms. The molecule has 0 saturated carbocycles. The molecule has 0 aromatic heterocycles. The maximum Gasteiger partial charge on any atom is 0.0433 e. The molecule has 0 spiro atoms. The zero-order chi connectivity index (χ0) is 15.3. The highest BCUT2D eigenvalue weighted by atomic mass is 15.1. The van der Waals surface area contributed by atoms with Crippen LogP contribution in [0.15, 0.2) is 73.5 Å². The van der Waals surface area contributed by atoms with Crippen molar-refractivity contribution in [1.82, 2.24) is 0 Å². The van der Waals surface area contributed by atoms with E-state index in [4.69, 9.17) is 0 Å². The Morgan fingerprint density at radius 1 is 1.00 bits per heavy atom. The summed E-state index contributed by atoms with van der Waals surface area (Å²) in [7, 11) is 2.04. The molecule has 0 unspecified atom stereocenters. The van der Waals surface area contributed by atoms with Gasteiger partial charge in [0, 0.05) is 18.9 Å². The van der Waals surface area contributed by atoms with Crippen LogP contribution in [0.1, 0.15) is 31.2 Å². The normalized spacial score (nSPS) is 14.0. The standard InChI is InChI=1S/C14H17N.C6H10/c1-4-5-6-9-12-15(3)14-11-8-7-10-13(14)2;1-2-4-6-5-3-1/h4-12H,1H2,2-3H3;1-2H,3-6H2/b6-5-,12-9-;. The van der Waals surface area contributed by atoms with Crippen molar-refractivity contribution < 1.29 is 0 Å². The van der Waals surface area contributed by atoms with Crippen LogP contribution in [0, 0.1) is 6.92 Å². The predicted octanol–water partition coefficient (Wildman–Crippen LogP) is 5.80. The van der Waals surface area contributed by atoms with Crippen LogP contribution in [-0.4, -0.2) is 7.05 Å². The van der Waals surface area contributed by atoms with Crippen molar-refractivity contribution in [2.75, 3.05) is 11.9 Å². The first-order valence-corrected chi connectivity index (χ1v) is 7.65. The fraction of sp³-hybridized carbons (Fsp3) is 0.300. The van der Waals surface area contributed by atoms with Gasteiger partial charge in [-0.25, -0.2) is 0 Å². The lowest BCUT2D eigenvalue weighted by Crippen LogP contribution is -2.08. The number of aryl methyl sites for hydroxylation is 1. The lowest BCUT2D eigenvalue weighted by atomic mass is 10.1. The van der Waals surface area contributed by atoms with Gasteiger partial charge in [0.25, 0.3) is 0 Å². The van der Waals surface area contributed by atoms with Gasteiger partial charge in [0.05, 0.1) is 0 Å². The first kappa shape index (κ1) is 17.0. The van der Waals surface area contributed by atoms with Gasteiger partial charge >= 0.3 is 0 Å². The van der Waals surface area contributed by atoms with E-state index in [9.17, 15) is 0 Å². The predicted molar refractivity (Wildman–Crippen MR) is 95.7 cm³/mol. The summed E-state index contributed by atoms with van der Waals surface area (Å²) in [6, 6.07) is 8.32. The summed E-state index contributed by atoms with van der Waals surface area (Å²) in [5.74, 6) is 0. The van der Waals surface area contributed by atoms with Crippen LogP contribution in [0.3, 0.4) is 0 Å². The first-order valence-electron chi connectivity index (χ1n) is 7.65. The van der Waals surface area contributed by atoms with Gasteiger partial charge in [-0.2, -0.15) is 0 Å². The van der Waals surface area contributed by atoms with Crippen molar-refractivity contribution in [2.24, 2.45) is 0 Å². The van der Waals surface area contributed by atoms with E-state index in [2.05, 4.69) is 42.7 Å². The highest BCUT2D eigenvalue weighted by Crippen LogP contribution is 2.17. The zero-order valence-corrected chi connectivity index (χ0v) is 13.3. The summed E-state index contributed by atoms with van der Waals surface area (Å²) in [5, 5.41) is 0. The third-order valence-corrected chi connectivity index (χ3v) is 3.32. The van der Waals surface area contributed by atoms with Crippen molar-refractivity contribution in [3.63, 3.8) is 0 Å². The molecule has 0 aliphatic heterocycles. The molecule has 21 heavy (non-hydrogen) atoms. The van der Waals surface area contributed by atoms with Crippen molar-refractivity contribution in [3.05, 3.63) is 79.1 Å². The summed E-state index contributed by atoms with van der Waals surface area (Å²) in [6.07, 6.45) is 19.7. The molecule has 1 nitrogen and oxygen atoms in total. The van der Waals surface area contributed by atoms with E-state index in [1.165, 1.54) is 36.9 Å². The van der Waals surface area contributed by atoms with Gasteiger partial charge in [0.2, 0.25) is 0 Å². The average Bonchev–Trinajstić information content (AvgIpc) is 2.54. The van der Waals surface area contributed by atoms with Crippen molar-refractivity contribution >= 4 is 5.69 Å². The summed E-state index contributed by atoms with van der Waals surface area (Å²) < 4.78 is 0. The third-order valence-electron chi connectivity index (χ3n) is 3.32. The van der Waals surface area contributed by atoms with Gasteiger partial charge in [-0.1, -0.05) is 55.2 Å². The SMILES string of the molecule is C1=CCCCC1.C=C/C=C\C=C/N(C)c1ccccc1C. The fourth-order valence-electron chi connectivity index (χ4n) is 2.12. The maximum absolute atomic E-state index is 3.62. The number of allylic oxidation sites excluding steroid dienone is 6. The van der Waals surface area contributed by atoms with Crippen molar-refractivity contribution in [2.45, 2.75) is 32.6 Å². The van der Waals surface area contributed by atoms with E-state index in [1.54, 1.807) is 6.08 Å². The molecule has 1 aromatic carbocycles. The average molecular weight is 281 g/mol. The molecule has 2 rings (SSSR count). The zero-order valence-electron chi connectivity index (χ0n) is 13.3. The minimum Gasteiger partial charge on any atom is -0.351 e. The van der Waals surface area contributed by atoms with Gasteiger partial charge in [-0.05, 0) is 50.3 Å². The summed E-state index contributed by atoms with van der Waals surface area (Å²) >= 11 is 0. The fourth-order valence-corrected chi connectivity index (χ4v) is 2.12. The Kier molecular flexibility index (Phi) is 8.70. The minimum absolute atomic E-state index is 1.22. The van der Waals surface area contributed by atoms with Crippen molar-refractivity contribution in [1.29, 1.82) is 0 Å². The number of para-hydroxylation sites is 1. The van der Waals surface area contributed by atoms with Gasteiger partial charge in [0.15, 0.2) is 0 Å². The van der Waals surface area contributed by atoms with Crippen LogP contribution in [-0.2, 0) is 0 Å². The van der Waals surface area contributed by atoms with Crippen LogP contribution in [0.25, 0.3) is 0 Å². The van der Waals surface area contributed by atoms with Crippen LogP contribution in [0.4, 0.5) is 5.69 Å². The second-order valence-corrected chi connectivity index (χ2v) is 5.12. The molecular weight excluding hydrogens is 254 g/mol. The largest absolute Gasteiger partial charge is 0.351 e. The summed E-state index contributed by atoms with van der Waals surface area (Å²) in [5.41, 5.74) is 2.50. The molecule has 1 aliphatic rings. The molecule has 0 atom stereocenters. The lowest BCUT2D eigenvalue weighted by molar-refractivity contribution is 0.730. The van der Waals surface area contributed by atoms with Crippen LogP contribution < -0.4 is 4.90 Å². The third kappa shape index (κ3) is 7.36. The van der Waals surface area contributed by atoms with Gasteiger partial charge in [-0.15, -0.1) is 0 Å². The monoisotopic (exact) mass is 281 g/mol. The number of anilines is 1. The lowest BCUT2D eigenvalue weighted by Gasteiger charge is -2.16. The number of benzene rings is 1. The Morgan fingerprint density at radius 2 is 1.67 bits per heavy atom. The van der Waals surface area contributed by atoms with Gasteiger partial charge < -0.3 is 4.90 Å². The van der Waals surface area contributed by atoms with Crippen LogP contribution in [0.2, 0.25) is 0 Å². The highest BCUT2D eigenvalue weighted by Gasteiger charge is 1.98. The molecule has 1 aromatic rings. The molecule has 0 heterocycles. The number of hydrogen-bond donors (Lipinski definition) is 0. The minimum atomic E-state index is 1.22. The first-order chi connectivity index (χ1) is 10.3. The van der Waals surface area contributed by atoms with Crippen LogP contribution in [0.5, 0.6) is 0 Å². The highest BCUT2D eigenvalue weighted by molar-refractivity contribution is 5.54. The van der Waals surface area contributed by atoms with E-state index in [1.807, 2.05) is 43.6 Å². The molecule has 0 N–H and O–H groups in total. The molecule has 0 amide bonds. The van der Waals surface area contributed by atoms with E-state index in [0.717, 1.165) is 0 Å². The Hall–Kier alpha value is -2.02.